The van der Waals surface area contributed by atoms with Crippen molar-refractivity contribution in [3.63, 3.8) is 0 Å². The van der Waals surface area contributed by atoms with Crippen molar-refractivity contribution in [3.05, 3.63) is 0 Å². The zero-order valence-electron chi connectivity index (χ0n) is 50.5. The fraction of sp³-hybridized carbons (Fsp3) is 0.786. The Morgan fingerprint density at radius 3 is 1.13 bits per heavy atom. The second-order valence-corrected chi connectivity index (χ2v) is 22.3. The molecule has 0 saturated heterocycles. The molecular weight excluding hydrogens is 1260 g/mol. The van der Waals surface area contributed by atoms with Gasteiger partial charge in [0.15, 0.2) is 0 Å². The Bertz CT molecular complexity index is 2040. The van der Waals surface area contributed by atoms with Gasteiger partial charge in [-0.1, -0.05) is 77.0 Å². The maximum absolute atomic E-state index is 12.6. The van der Waals surface area contributed by atoms with Crippen LogP contribution in [0.15, 0.2) is 0 Å². The van der Waals surface area contributed by atoms with E-state index in [1.54, 1.807) is 0 Å². The monoisotopic (exact) mass is 1360 g/mol. The van der Waals surface area contributed by atoms with Gasteiger partial charge in [-0.3, -0.25) is 28.8 Å². The van der Waals surface area contributed by atoms with Crippen LogP contribution < -0.4 is 62.2 Å². The second-order valence-electron chi connectivity index (χ2n) is 20.6. The zero-order chi connectivity index (χ0) is 65.0. The number of halogens is 1. The maximum atomic E-state index is 12.6. The van der Waals surface area contributed by atoms with Gasteiger partial charge in [-0.05, 0) is 32.1 Å². The SMILES string of the molecule is C[I-]N[C@@H](CCCCNC(=O)COCCOCCNC(=O)COCCOCCNC(=O)CC[C@H](NC(=O)CC[C@H](NC(=O)CC[C@H](NC(=O)CCCCCCCCCCCCCCCCC(=O)O)C(=O)O)C(=O)O)C(=O)O)C(=O)N[C@H](C(=O)O)[C@@H](C)O. The fourth-order valence-corrected chi connectivity index (χ4v) is 9.62. The summed E-state index contributed by atoms with van der Waals surface area (Å²) in [6.07, 6.45) is 12.4. The van der Waals surface area contributed by atoms with Gasteiger partial charge in [-0.15, -0.1) is 0 Å². The molecule has 0 heterocycles. The van der Waals surface area contributed by atoms with Crippen molar-refractivity contribution in [1.82, 2.24) is 40.7 Å². The Labute approximate surface area is 519 Å². The van der Waals surface area contributed by atoms with Crippen LogP contribution in [0.4, 0.5) is 0 Å². The number of rotatable bonds is 59. The number of carboxylic acid groups (broad SMARTS) is 5. The summed E-state index contributed by atoms with van der Waals surface area (Å²) in [6.45, 7) is 2.08. The van der Waals surface area contributed by atoms with Gasteiger partial charge in [0.25, 0.3) is 0 Å². The number of alkyl halides is 1. The topological polar surface area (TPSA) is 459 Å². The third-order valence-electron chi connectivity index (χ3n) is 13.1. The van der Waals surface area contributed by atoms with E-state index in [0.29, 0.717) is 32.2 Å². The van der Waals surface area contributed by atoms with Crippen LogP contribution in [0.5, 0.6) is 0 Å². The van der Waals surface area contributed by atoms with E-state index in [4.69, 9.17) is 24.1 Å². The molecule has 0 aliphatic rings. The van der Waals surface area contributed by atoms with E-state index in [-0.39, 0.29) is 104 Å². The third kappa shape index (κ3) is 47.8. The molecule has 0 unspecified atom stereocenters. The molecule has 0 aliphatic heterocycles. The minimum absolute atomic E-state index is 0.0539. The molecular formula is C56H98IN8O22-. The average molecular weight is 1360 g/mol. The predicted molar refractivity (Wildman–Crippen MR) is 308 cm³/mol. The molecule has 7 amide bonds. The second kappa shape index (κ2) is 53.2. The zero-order valence-corrected chi connectivity index (χ0v) is 52.7. The summed E-state index contributed by atoms with van der Waals surface area (Å²) in [5, 5.41) is 73.5. The van der Waals surface area contributed by atoms with Gasteiger partial charge in [0, 0.05) is 45.2 Å². The molecule has 502 valence electrons. The molecule has 30 nitrogen and oxygen atoms in total. The minimum atomic E-state index is -1.58. The number of aliphatic hydroxyl groups excluding tert-OH is 1. The molecule has 0 bridgehead atoms. The van der Waals surface area contributed by atoms with Crippen molar-refractivity contribution in [2.75, 3.05) is 77.4 Å². The number of unbranched alkanes of at least 4 members (excludes halogenated alkanes) is 14. The van der Waals surface area contributed by atoms with Crippen molar-refractivity contribution in [2.24, 2.45) is 0 Å². The first kappa shape index (κ1) is 81.1. The predicted octanol–water partition coefficient (Wildman–Crippen LogP) is -2.51. The van der Waals surface area contributed by atoms with Crippen molar-refractivity contribution in [3.8, 4) is 0 Å². The number of amides is 7. The molecule has 6 atom stereocenters. The number of hydrogen-bond acceptors (Lipinski definition) is 18. The average Bonchev–Trinajstić information content (AvgIpc) is 3.50. The number of aliphatic carboxylic acids is 5. The van der Waals surface area contributed by atoms with Gasteiger partial charge >= 0.3 is 182 Å². The molecule has 0 aromatic carbocycles. The molecule has 0 radical (unpaired) electrons. The number of nitrogens with one attached hydrogen (secondary N) is 8. The van der Waals surface area contributed by atoms with Crippen molar-refractivity contribution < 1.29 is 129 Å². The summed E-state index contributed by atoms with van der Waals surface area (Å²) in [5.41, 5.74) is 0. The van der Waals surface area contributed by atoms with E-state index < -0.39 is 142 Å². The molecule has 0 aromatic rings. The molecule has 0 aliphatic carbocycles. The van der Waals surface area contributed by atoms with Crippen LogP contribution in [0.25, 0.3) is 0 Å². The quantitative estimate of drug-likeness (QED) is 0.0129. The molecule has 0 rings (SSSR count). The number of ether oxygens (including phenoxy) is 4. The molecule has 0 fully saturated rings. The molecule has 0 saturated carbocycles. The first-order valence-corrected chi connectivity index (χ1v) is 33.2. The Hall–Kier alpha value is -5.87. The van der Waals surface area contributed by atoms with Gasteiger partial charge < -0.3 is 61.2 Å². The van der Waals surface area contributed by atoms with Crippen molar-refractivity contribution in [2.45, 2.75) is 204 Å². The summed E-state index contributed by atoms with van der Waals surface area (Å²) >= 11 is -0.490. The van der Waals surface area contributed by atoms with Gasteiger partial charge in [-0.25, -0.2) is 14.4 Å². The van der Waals surface area contributed by atoms with Crippen LogP contribution in [0, 0.1) is 0 Å². The summed E-state index contributed by atoms with van der Waals surface area (Å²) in [7, 11) is 0. The molecule has 0 spiro atoms. The van der Waals surface area contributed by atoms with Crippen LogP contribution >= 0.6 is 0 Å². The fourth-order valence-electron chi connectivity index (χ4n) is 8.28. The van der Waals surface area contributed by atoms with E-state index in [0.717, 1.165) is 70.6 Å². The summed E-state index contributed by atoms with van der Waals surface area (Å²) in [5.74, 6) is -10.4. The van der Waals surface area contributed by atoms with Gasteiger partial charge in [-0.2, -0.15) is 0 Å². The molecule has 87 heavy (non-hydrogen) atoms. The normalized spacial score (nSPS) is 13.2. The number of hydrogen-bond donors (Lipinski definition) is 14. The van der Waals surface area contributed by atoms with E-state index in [1.165, 1.54) is 19.8 Å². The van der Waals surface area contributed by atoms with E-state index >= 15 is 0 Å². The summed E-state index contributed by atoms with van der Waals surface area (Å²) in [4.78, 5) is 146. The number of carboxylic acids is 5. The molecule has 0 aromatic heterocycles. The summed E-state index contributed by atoms with van der Waals surface area (Å²) < 4.78 is 24.4. The van der Waals surface area contributed by atoms with Crippen molar-refractivity contribution in [1.29, 1.82) is 0 Å². The van der Waals surface area contributed by atoms with Gasteiger partial charge in [0.05, 0.1) is 26.4 Å². The van der Waals surface area contributed by atoms with Gasteiger partial charge in [0.2, 0.25) is 29.5 Å². The molecule has 31 heteroatoms. The van der Waals surface area contributed by atoms with Gasteiger partial charge in [0.1, 0.15) is 24.7 Å². The Kier molecular flexibility index (Phi) is 49.6. The van der Waals surface area contributed by atoms with E-state index in [2.05, 4.69) is 40.7 Å². The summed E-state index contributed by atoms with van der Waals surface area (Å²) in [6, 6.07) is -6.51. The van der Waals surface area contributed by atoms with Crippen LogP contribution in [0.1, 0.15) is 167 Å². The number of aliphatic hydroxyl groups is 1. The van der Waals surface area contributed by atoms with Crippen LogP contribution in [0.3, 0.4) is 0 Å². The standard InChI is InChI=1S/C56H98IN8O22/c1-39(66)51(56(82)83)64-52(75)40(65-57-2)19-17-18-28-58-48(71)37-86-35-34-85-32-30-60-49(72)38-87-36-33-84-31-29-59-44(67)25-22-41(53(76)77)62-46(69)27-24-43(55(80)81)63-47(70)26-23-42(54(78)79)61-45(68)20-15-13-11-9-7-5-3-4-6-8-10-12-14-16-21-50(73)74/h39-43,51,65-66H,3-38H2,1-2H3,(H,58,71)(H,59,67)(H,60,72)(H,61,68)(H,62,69)(H,63,70)(H,64,75)(H,73,74)(H,76,77)(H,78,79)(H,80,81)(H,82,83)/q-1/t39-,40+,41+,42+,43+,51+/m1/s1. The molecule has 14 N–H and O–H groups in total. The van der Waals surface area contributed by atoms with E-state index in [1.807, 2.05) is 4.93 Å². The third-order valence-corrected chi connectivity index (χ3v) is 14.5. The Balaban J connectivity index is 4.16. The van der Waals surface area contributed by atoms with Crippen LogP contribution in [-0.4, -0.2) is 216 Å². The number of carbonyl (C=O) groups is 12. The first-order chi connectivity index (χ1) is 41.6. The van der Waals surface area contributed by atoms with Crippen LogP contribution in [-0.2, 0) is 76.5 Å². The Morgan fingerprint density at radius 2 is 0.736 bits per heavy atom. The van der Waals surface area contributed by atoms with E-state index in [9.17, 15) is 83.1 Å². The Morgan fingerprint density at radius 1 is 0.368 bits per heavy atom. The first-order valence-electron chi connectivity index (χ1n) is 29.9. The number of carbonyl (C=O) groups excluding carboxylic acids is 7. The van der Waals surface area contributed by atoms with Crippen molar-refractivity contribution >= 4 is 71.2 Å². The van der Waals surface area contributed by atoms with Crippen LogP contribution in [0.2, 0.25) is 0 Å².